The minimum absolute atomic E-state index is 0.180. The van der Waals surface area contributed by atoms with Gasteiger partial charge in [0.25, 0.3) is 0 Å². The van der Waals surface area contributed by atoms with Crippen molar-refractivity contribution in [3.05, 3.63) is 68.4 Å². The van der Waals surface area contributed by atoms with Gasteiger partial charge in [-0.3, -0.25) is 0 Å². The Kier molecular flexibility index (Phi) is 4.82. The van der Waals surface area contributed by atoms with Crippen molar-refractivity contribution in [3.63, 3.8) is 0 Å². The monoisotopic (exact) mass is 390 g/mol. The SMILES string of the molecule is Fc1cccc(CC(Cl)c2cc(Br)cc(Br)c2)c1. The zero-order valence-corrected chi connectivity index (χ0v) is 13.3. The highest BCUT2D eigenvalue weighted by atomic mass is 79.9. The van der Waals surface area contributed by atoms with Gasteiger partial charge in [-0.25, -0.2) is 4.39 Å². The normalized spacial score (nSPS) is 12.4. The van der Waals surface area contributed by atoms with Crippen LogP contribution in [0.15, 0.2) is 51.4 Å². The molecule has 0 spiro atoms. The Morgan fingerprint density at radius 3 is 2.33 bits per heavy atom. The van der Waals surface area contributed by atoms with Crippen molar-refractivity contribution in [2.75, 3.05) is 0 Å². The fourth-order valence-electron chi connectivity index (χ4n) is 1.74. The lowest BCUT2D eigenvalue weighted by Gasteiger charge is -2.11. The zero-order chi connectivity index (χ0) is 13.1. The second-order valence-corrected chi connectivity index (χ2v) is 6.36. The summed E-state index contributed by atoms with van der Waals surface area (Å²) in [6.45, 7) is 0. The van der Waals surface area contributed by atoms with Crippen molar-refractivity contribution < 1.29 is 4.39 Å². The third kappa shape index (κ3) is 3.81. The standard InChI is InChI=1S/C14H10Br2ClF/c15-11-6-10(7-12(16)8-11)14(17)5-9-2-1-3-13(18)4-9/h1-4,6-8,14H,5H2. The van der Waals surface area contributed by atoms with Gasteiger partial charge in [-0.05, 0) is 47.9 Å². The van der Waals surface area contributed by atoms with E-state index in [1.165, 1.54) is 12.1 Å². The van der Waals surface area contributed by atoms with Crippen LogP contribution >= 0.6 is 43.5 Å². The largest absolute Gasteiger partial charge is 0.207 e. The quantitative estimate of drug-likeness (QED) is 0.573. The maximum absolute atomic E-state index is 13.1. The van der Waals surface area contributed by atoms with E-state index in [1.54, 1.807) is 6.07 Å². The maximum atomic E-state index is 13.1. The molecule has 4 heteroatoms. The molecule has 0 aliphatic carbocycles. The molecule has 0 saturated carbocycles. The van der Waals surface area contributed by atoms with Crippen LogP contribution in [0.4, 0.5) is 4.39 Å². The zero-order valence-electron chi connectivity index (χ0n) is 9.34. The fourth-order valence-corrected chi connectivity index (χ4v) is 3.38. The Morgan fingerprint density at radius 2 is 1.72 bits per heavy atom. The third-order valence-electron chi connectivity index (χ3n) is 2.55. The van der Waals surface area contributed by atoms with E-state index in [0.717, 1.165) is 20.1 Å². The van der Waals surface area contributed by atoms with E-state index in [9.17, 15) is 4.39 Å². The number of hydrogen-bond donors (Lipinski definition) is 0. The van der Waals surface area contributed by atoms with E-state index in [1.807, 2.05) is 24.3 Å². The Balaban J connectivity index is 2.19. The summed E-state index contributed by atoms with van der Waals surface area (Å²) >= 11 is 13.2. The van der Waals surface area contributed by atoms with Crippen LogP contribution in [0.25, 0.3) is 0 Å². The van der Waals surface area contributed by atoms with Crippen molar-refractivity contribution >= 4 is 43.5 Å². The molecule has 0 heterocycles. The molecule has 1 unspecified atom stereocenters. The van der Waals surface area contributed by atoms with Gasteiger partial charge >= 0.3 is 0 Å². The first-order valence-corrected chi connectivity index (χ1v) is 7.41. The van der Waals surface area contributed by atoms with E-state index in [2.05, 4.69) is 31.9 Å². The maximum Gasteiger partial charge on any atom is 0.123 e. The summed E-state index contributed by atoms with van der Waals surface area (Å²) in [6.07, 6.45) is 0.599. The lowest BCUT2D eigenvalue weighted by Crippen LogP contribution is -1.96. The lowest BCUT2D eigenvalue weighted by molar-refractivity contribution is 0.625. The smallest absolute Gasteiger partial charge is 0.123 e. The Morgan fingerprint density at radius 1 is 1.06 bits per heavy atom. The first-order chi connectivity index (χ1) is 8.54. The molecule has 1 atom stereocenters. The molecule has 0 aliphatic rings. The van der Waals surface area contributed by atoms with Crippen LogP contribution in [0, 0.1) is 5.82 Å². The molecule has 0 nitrogen and oxygen atoms in total. The van der Waals surface area contributed by atoms with Gasteiger partial charge in [-0.2, -0.15) is 0 Å². The molecule has 2 rings (SSSR count). The second-order valence-electron chi connectivity index (χ2n) is 4.00. The predicted octanol–water partition coefficient (Wildman–Crippen LogP) is 5.87. The van der Waals surface area contributed by atoms with Crippen LogP contribution in [-0.2, 0) is 6.42 Å². The number of rotatable bonds is 3. The summed E-state index contributed by atoms with van der Waals surface area (Å²) in [4.78, 5) is 0. The van der Waals surface area contributed by atoms with Crippen molar-refractivity contribution in [2.45, 2.75) is 11.8 Å². The highest BCUT2D eigenvalue weighted by Gasteiger charge is 2.11. The molecule has 18 heavy (non-hydrogen) atoms. The third-order valence-corrected chi connectivity index (χ3v) is 3.87. The van der Waals surface area contributed by atoms with Gasteiger partial charge < -0.3 is 0 Å². The molecule has 0 aliphatic heterocycles. The van der Waals surface area contributed by atoms with Crippen LogP contribution < -0.4 is 0 Å². The van der Waals surface area contributed by atoms with E-state index in [0.29, 0.717) is 6.42 Å². The highest BCUT2D eigenvalue weighted by Crippen LogP contribution is 2.30. The highest BCUT2D eigenvalue weighted by molar-refractivity contribution is 9.11. The number of benzene rings is 2. The molecule has 2 aromatic carbocycles. The van der Waals surface area contributed by atoms with Crippen LogP contribution in [0.1, 0.15) is 16.5 Å². The van der Waals surface area contributed by atoms with Crippen LogP contribution in [0.2, 0.25) is 0 Å². The summed E-state index contributed by atoms with van der Waals surface area (Å²) in [5.41, 5.74) is 1.90. The summed E-state index contributed by atoms with van der Waals surface area (Å²) in [5, 5.41) is -0.180. The molecule has 2 aromatic rings. The van der Waals surface area contributed by atoms with Gasteiger partial charge in [0.1, 0.15) is 5.82 Å². The van der Waals surface area contributed by atoms with Gasteiger partial charge in [0.15, 0.2) is 0 Å². The molecule has 0 radical (unpaired) electrons. The minimum Gasteiger partial charge on any atom is -0.207 e. The van der Waals surface area contributed by atoms with E-state index in [4.69, 9.17) is 11.6 Å². The molecule has 0 fully saturated rings. The van der Waals surface area contributed by atoms with Gasteiger partial charge in [0, 0.05) is 8.95 Å². The summed E-state index contributed by atoms with van der Waals surface area (Å²) in [7, 11) is 0. The molecule has 0 N–H and O–H groups in total. The molecule has 0 bridgehead atoms. The Hall–Kier alpha value is -0.380. The topological polar surface area (TPSA) is 0 Å². The van der Waals surface area contributed by atoms with E-state index in [-0.39, 0.29) is 11.2 Å². The lowest BCUT2D eigenvalue weighted by atomic mass is 10.0. The second kappa shape index (κ2) is 6.18. The predicted molar refractivity (Wildman–Crippen MR) is 80.5 cm³/mol. The van der Waals surface area contributed by atoms with Crippen LogP contribution in [-0.4, -0.2) is 0 Å². The van der Waals surface area contributed by atoms with Gasteiger partial charge in [0.2, 0.25) is 0 Å². The molecule has 0 saturated heterocycles. The molecular weight excluding hydrogens is 382 g/mol. The Labute approximate surface area is 127 Å². The van der Waals surface area contributed by atoms with E-state index >= 15 is 0 Å². The number of hydrogen-bond acceptors (Lipinski definition) is 0. The van der Waals surface area contributed by atoms with Gasteiger partial charge in [-0.1, -0.05) is 44.0 Å². The van der Waals surface area contributed by atoms with Crippen LogP contribution in [0.3, 0.4) is 0 Å². The minimum atomic E-state index is -0.230. The van der Waals surface area contributed by atoms with Crippen molar-refractivity contribution in [2.24, 2.45) is 0 Å². The molecular formula is C14H10Br2ClF. The van der Waals surface area contributed by atoms with Crippen molar-refractivity contribution in [1.29, 1.82) is 0 Å². The average Bonchev–Trinajstić information content (AvgIpc) is 2.27. The van der Waals surface area contributed by atoms with Crippen LogP contribution in [0.5, 0.6) is 0 Å². The first kappa shape index (κ1) is 14.0. The summed E-state index contributed by atoms with van der Waals surface area (Å²) < 4.78 is 15.0. The fraction of sp³-hybridized carbons (Fsp3) is 0.143. The first-order valence-electron chi connectivity index (χ1n) is 5.39. The van der Waals surface area contributed by atoms with E-state index < -0.39 is 0 Å². The number of alkyl halides is 1. The van der Waals surface area contributed by atoms with Gasteiger partial charge in [-0.15, -0.1) is 11.6 Å². The molecule has 0 amide bonds. The number of halogens is 4. The Bertz CT molecular complexity index is 537. The van der Waals surface area contributed by atoms with Gasteiger partial charge in [0.05, 0.1) is 5.38 Å². The summed E-state index contributed by atoms with van der Waals surface area (Å²) in [6, 6.07) is 12.4. The van der Waals surface area contributed by atoms with Crippen molar-refractivity contribution in [3.8, 4) is 0 Å². The molecule has 94 valence electrons. The van der Waals surface area contributed by atoms with Crippen molar-refractivity contribution in [1.82, 2.24) is 0 Å². The molecule has 0 aromatic heterocycles. The summed E-state index contributed by atoms with van der Waals surface area (Å²) in [5.74, 6) is -0.230. The average molecular weight is 392 g/mol.